The Morgan fingerprint density at radius 3 is 2.47 bits per heavy atom. The molecule has 2 nitrogen and oxygen atoms in total. The molecule has 1 fully saturated rings. The summed E-state index contributed by atoms with van der Waals surface area (Å²) in [7, 11) is 0. The van der Waals surface area contributed by atoms with Crippen LogP contribution in [-0.2, 0) is 4.74 Å². The van der Waals surface area contributed by atoms with Gasteiger partial charge in [0.2, 0.25) is 5.78 Å². The lowest BCUT2D eigenvalue weighted by Crippen LogP contribution is -2.21. The number of hydrogen-bond donors (Lipinski definition) is 0. The lowest BCUT2D eigenvalue weighted by molar-refractivity contribution is 0.0698. The van der Waals surface area contributed by atoms with Crippen molar-refractivity contribution in [3.63, 3.8) is 0 Å². The Kier molecular flexibility index (Phi) is 4.43. The second-order valence-corrected chi connectivity index (χ2v) is 5.09. The average molecular weight is 277 g/mol. The second-order valence-electron chi connectivity index (χ2n) is 4.66. The van der Waals surface area contributed by atoms with Crippen LogP contribution in [0.5, 0.6) is 0 Å². The molecule has 0 bridgehead atoms. The number of rotatable bonds is 5. The number of halogens is 1. The Bertz CT molecular complexity index is 508. The quantitative estimate of drug-likeness (QED) is 0.582. The van der Waals surface area contributed by atoms with Crippen molar-refractivity contribution in [1.82, 2.24) is 0 Å². The molecule has 2 rings (SSSR count). The molecule has 0 N–H and O–H groups in total. The van der Waals surface area contributed by atoms with Crippen LogP contribution in [0.3, 0.4) is 0 Å². The molecule has 1 aliphatic carbocycles. The number of benzene rings is 1. The van der Waals surface area contributed by atoms with Crippen LogP contribution in [0.4, 0.5) is 0 Å². The van der Waals surface area contributed by atoms with Crippen LogP contribution in [-0.4, -0.2) is 11.9 Å². The molecule has 1 aliphatic rings. The summed E-state index contributed by atoms with van der Waals surface area (Å²) in [6, 6.07) is 6.85. The van der Waals surface area contributed by atoms with Crippen LogP contribution < -0.4 is 0 Å². The number of carbonyl (C=O) groups excluding carboxylic acids is 1. The van der Waals surface area contributed by atoms with Crippen LogP contribution in [0.15, 0.2) is 48.3 Å². The van der Waals surface area contributed by atoms with Gasteiger partial charge in [0, 0.05) is 10.6 Å². The maximum atomic E-state index is 12.2. The number of Topliss-reactive ketones (excluding diaryl/α,β-unsaturated/α-hetero) is 1. The van der Waals surface area contributed by atoms with Gasteiger partial charge in [-0.3, -0.25) is 4.79 Å². The Morgan fingerprint density at radius 2 is 2.00 bits per heavy atom. The van der Waals surface area contributed by atoms with E-state index in [9.17, 15) is 4.79 Å². The highest BCUT2D eigenvalue weighted by Crippen LogP contribution is 2.30. The highest BCUT2D eigenvalue weighted by Gasteiger charge is 2.20. The van der Waals surface area contributed by atoms with Crippen molar-refractivity contribution in [1.29, 1.82) is 0 Å². The van der Waals surface area contributed by atoms with E-state index in [0.717, 1.165) is 18.6 Å². The predicted molar refractivity (Wildman–Crippen MR) is 77.4 cm³/mol. The maximum absolute atomic E-state index is 12.2. The number of allylic oxidation sites excluding steroid dienone is 2. The first-order valence-electron chi connectivity index (χ1n) is 6.42. The molecule has 19 heavy (non-hydrogen) atoms. The van der Waals surface area contributed by atoms with Crippen LogP contribution in [0.1, 0.15) is 36.5 Å². The highest BCUT2D eigenvalue weighted by atomic mass is 35.5. The molecule has 0 saturated heterocycles. The summed E-state index contributed by atoms with van der Waals surface area (Å²) in [5, 5.41) is 0.619. The number of ether oxygens (including phenoxy) is 1. The summed E-state index contributed by atoms with van der Waals surface area (Å²) in [5.41, 5.74) is 1.87. The summed E-state index contributed by atoms with van der Waals surface area (Å²) >= 11 is 5.81. The summed E-state index contributed by atoms with van der Waals surface area (Å²) in [6.45, 7) is 5.51. The molecule has 100 valence electrons. The van der Waals surface area contributed by atoms with Gasteiger partial charge in [-0.25, -0.2) is 0 Å². The first-order chi connectivity index (χ1) is 9.11. The van der Waals surface area contributed by atoms with E-state index in [1.807, 2.05) is 0 Å². The summed E-state index contributed by atoms with van der Waals surface area (Å²) in [4.78, 5) is 12.2. The first-order valence-corrected chi connectivity index (χ1v) is 6.80. The van der Waals surface area contributed by atoms with Crippen molar-refractivity contribution in [2.45, 2.75) is 32.3 Å². The monoisotopic (exact) mass is 276 g/mol. The van der Waals surface area contributed by atoms with Gasteiger partial charge in [-0.2, -0.15) is 0 Å². The molecule has 0 spiro atoms. The fourth-order valence-corrected chi connectivity index (χ4v) is 2.09. The molecule has 1 aromatic rings. The van der Waals surface area contributed by atoms with E-state index in [1.165, 1.54) is 12.0 Å². The van der Waals surface area contributed by atoms with Crippen molar-refractivity contribution in [3.05, 3.63) is 58.8 Å². The maximum Gasteiger partial charge on any atom is 0.202 e. The number of hydrogen-bond acceptors (Lipinski definition) is 2. The summed E-state index contributed by atoms with van der Waals surface area (Å²) < 4.78 is 5.73. The molecule has 3 heteroatoms. The van der Waals surface area contributed by atoms with Crippen LogP contribution in [0.25, 0.3) is 0 Å². The second kappa shape index (κ2) is 6.07. The van der Waals surface area contributed by atoms with Crippen LogP contribution in [0.2, 0.25) is 5.02 Å². The fourth-order valence-electron chi connectivity index (χ4n) is 1.97. The van der Waals surface area contributed by atoms with Gasteiger partial charge in [0.05, 0.1) is 0 Å². The van der Waals surface area contributed by atoms with Gasteiger partial charge in [-0.15, -0.1) is 0 Å². The van der Waals surface area contributed by atoms with Crippen molar-refractivity contribution >= 4 is 17.4 Å². The molecular weight excluding hydrogens is 260 g/mol. The number of ketones is 1. The minimum atomic E-state index is -0.512. The zero-order valence-corrected chi connectivity index (χ0v) is 11.7. The van der Waals surface area contributed by atoms with E-state index in [1.54, 1.807) is 37.3 Å². The number of carbonyl (C=O) groups is 1. The largest absolute Gasteiger partial charge is 0.483 e. The Balaban J connectivity index is 2.07. The van der Waals surface area contributed by atoms with Crippen molar-refractivity contribution in [2.24, 2.45) is 0 Å². The van der Waals surface area contributed by atoms with Gasteiger partial charge in [0.25, 0.3) is 0 Å². The molecule has 1 atom stereocenters. The first kappa shape index (κ1) is 13.9. The van der Waals surface area contributed by atoms with Gasteiger partial charge < -0.3 is 4.74 Å². The molecule has 1 saturated carbocycles. The lowest BCUT2D eigenvalue weighted by atomic mass is 9.91. The van der Waals surface area contributed by atoms with Gasteiger partial charge in [0.1, 0.15) is 5.76 Å². The van der Waals surface area contributed by atoms with Gasteiger partial charge in [-0.05, 0) is 62.1 Å². The van der Waals surface area contributed by atoms with Crippen LogP contribution >= 0.6 is 11.6 Å². The zero-order valence-electron chi connectivity index (χ0n) is 11.0. The average Bonchev–Trinajstić information content (AvgIpc) is 2.35. The molecule has 0 aromatic heterocycles. The minimum Gasteiger partial charge on any atom is -0.483 e. The van der Waals surface area contributed by atoms with Crippen LogP contribution in [0, 0.1) is 0 Å². The molecular formula is C16H17ClO2. The van der Waals surface area contributed by atoms with Crippen molar-refractivity contribution < 1.29 is 9.53 Å². The molecule has 1 aromatic carbocycles. The zero-order chi connectivity index (χ0) is 13.8. The minimum absolute atomic E-state index is 0.0454. The Labute approximate surface area is 118 Å². The normalized spacial score (nSPS) is 15.4. The third-order valence-electron chi connectivity index (χ3n) is 3.29. The smallest absolute Gasteiger partial charge is 0.202 e. The highest BCUT2D eigenvalue weighted by molar-refractivity contribution is 6.30. The Morgan fingerprint density at radius 1 is 1.37 bits per heavy atom. The van der Waals surface area contributed by atoms with Crippen molar-refractivity contribution in [3.8, 4) is 0 Å². The topological polar surface area (TPSA) is 26.3 Å². The summed E-state index contributed by atoms with van der Waals surface area (Å²) in [6.07, 6.45) is 4.46. The molecule has 0 heterocycles. The molecule has 0 radical (unpaired) electrons. The fraction of sp³-hybridized carbons (Fsp3) is 0.312. The van der Waals surface area contributed by atoms with Crippen molar-refractivity contribution in [2.75, 3.05) is 0 Å². The molecule has 0 aliphatic heterocycles. The van der Waals surface area contributed by atoms with E-state index < -0.39 is 6.10 Å². The standard InChI is InChI=1S/C16H17ClO2/c1-3-15(12-5-4-6-12)19-11(2)16(18)13-7-9-14(17)10-8-13/h3,7-11H,1,4-6H2,2H3. The van der Waals surface area contributed by atoms with E-state index in [-0.39, 0.29) is 5.78 Å². The molecule has 1 unspecified atom stereocenters. The third kappa shape index (κ3) is 3.27. The lowest BCUT2D eigenvalue weighted by Gasteiger charge is -2.23. The predicted octanol–water partition coefficient (Wildman–Crippen LogP) is 4.55. The van der Waals surface area contributed by atoms with E-state index in [2.05, 4.69) is 6.58 Å². The van der Waals surface area contributed by atoms with E-state index in [4.69, 9.17) is 16.3 Å². The van der Waals surface area contributed by atoms with E-state index >= 15 is 0 Å². The molecule has 0 amide bonds. The van der Waals surface area contributed by atoms with Gasteiger partial charge >= 0.3 is 0 Å². The summed E-state index contributed by atoms with van der Waals surface area (Å²) in [5.74, 6) is 0.719. The van der Waals surface area contributed by atoms with Gasteiger partial charge in [-0.1, -0.05) is 18.2 Å². The Hall–Kier alpha value is -1.54. The van der Waals surface area contributed by atoms with E-state index in [0.29, 0.717) is 10.6 Å². The third-order valence-corrected chi connectivity index (χ3v) is 3.54. The SMILES string of the molecule is C=CC(OC(C)C(=O)c1ccc(Cl)cc1)=C1CCC1. The van der Waals surface area contributed by atoms with Gasteiger partial charge in [0.15, 0.2) is 6.10 Å².